The number of benzene rings is 2. The number of hydrogen-bond donors (Lipinski definition) is 1. The number of carbonyl (C=O) groups excluding carboxylic acids is 1. The maximum absolute atomic E-state index is 12.8. The maximum atomic E-state index is 12.8. The van der Waals surface area contributed by atoms with E-state index in [0.29, 0.717) is 13.2 Å². The fraction of sp³-hybridized carbons (Fsp3) is 0.333. The number of thiazole rings is 1. The van der Waals surface area contributed by atoms with Gasteiger partial charge in [-0.3, -0.25) is 0 Å². The number of ether oxygens (including phenoxy) is 2. The Morgan fingerprint density at radius 1 is 1.18 bits per heavy atom. The molecule has 2 aromatic carbocycles. The van der Waals surface area contributed by atoms with E-state index in [9.17, 15) is 4.79 Å². The second-order valence-electron chi connectivity index (χ2n) is 7.05. The summed E-state index contributed by atoms with van der Waals surface area (Å²) >= 11 is 1.68. The number of likely N-dealkylation sites (tertiary alicyclic amines) is 1. The molecule has 2 amide bonds. The molecule has 0 bridgehead atoms. The van der Waals surface area contributed by atoms with Gasteiger partial charge in [0, 0.05) is 6.54 Å². The normalized spacial score (nSPS) is 21.1. The summed E-state index contributed by atoms with van der Waals surface area (Å²) in [6, 6.07) is 15.7. The Hall–Kier alpha value is -2.80. The van der Waals surface area contributed by atoms with Gasteiger partial charge in [-0.15, -0.1) is 11.3 Å². The monoisotopic (exact) mass is 395 g/mol. The highest BCUT2D eigenvalue weighted by Crippen LogP contribution is 2.36. The minimum Gasteiger partial charge on any atom is -0.486 e. The van der Waals surface area contributed by atoms with E-state index in [2.05, 4.69) is 11.4 Å². The standard InChI is InChI=1S/C21H21N3O3S/c25-21(22-12-14-13-26-17-8-2-3-9-18(17)27-14)24-11-5-7-16(24)20-23-15-6-1-4-10-19(15)28-20/h1-4,6,8-10,14,16H,5,7,11-13H2,(H,22,25). The van der Waals surface area contributed by atoms with Crippen molar-refractivity contribution in [1.82, 2.24) is 15.2 Å². The van der Waals surface area contributed by atoms with Crippen molar-refractivity contribution in [2.45, 2.75) is 25.0 Å². The molecule has 3 heterocycles. The third-order valence-electron chi connectivity index (χ3n) is 5.16. The van der Waals surface area contributed by atoms with Gasteiger partial charge in [-0.2, -0.15) is 0 Å². The Balaban J connectivity index is 1.23. The highest BCUT2D eigenvalue weighted by molar-refractivity contribution is 7.18. The highest BCUT2D eigenvalue weighted by Gasteiger charge is 2.33. The van der Waals surface area contributed by atoms with Crippen LogP contribution in [-0.4, -0.2) is 41.7 Å². The summed E-state index contributed by atoms with van der Waals surface area (Å²) in [6.45, 7) is 1.59. The van der Waals surface area contributed by atoms with E-state index < -0.39 is 0 Å². The Morgan fingerprint density at radius 2 is 2.00 bits per heavy atom. The van der Waals surface area contributed by atoms with Crippen molar-refractivity contribution in [3.05, 3.63) is 53.5 Å². The van der Waals surface area contributed by atoms with Crippen molar-refractivity contribution in [1.29, 1.82) is 0 Å². The van der Waals surface area contributed by atoms with Crippen molar-refractivity contribution in [3.8, 4) is 11.5 Å². The van der Waals surface area contributed by atoms with Crippen LogP contribution in [0.15, 0.2) is 48.5 Å². The largest absolute Gasteiger partial charge is 0.486 e. The minimum atomic E-state index is -0.192. The minimum absolute atomic E-state index is 0.0432. The molecule has 2 aliphatic rings. The number of carbonyl (C=O) groups is 1. The lowest BCUT2D eigenvalue weighted by atomic mass is 10.2. The molecular formula is C21H21N3O3S. The number of aromatic nitrogens is 1. The second-order valence-corrected chi connectivity index (χ2v) is 8.12. The van der Waals surface area contributed by atoms with Gasteiger partial charge in [0.15, 0.2) is 17.6 Å². The average molecular weight is 395 g/mol. The average Bonchev–Trinajstić information content (AvgIpc) is 3.38. The highest BCUT2D eigenvalue weighted by atomic mass is 32.1. The third kappa shape index (κ3) is 3.26. The molecule has 2 aliphatic heterocycles. The molecular weight excluding hydrogens is 374 g/mol. The number of hydrogen-bond acceptors (Lipinski definition) is 5. The van der Waals surface area contributed by atoms with Crippen LogP contribution in [0.4, 0.5) is 4.79 Å². The summed E-state index contributed by atoms with van der Waals surface area (Å²) in [5.41, 5.74) is 1.00. The summed E-state index contributed by atoms with van der Waals surface area (Å²) in [5, 5.41) is 4.03. The fourth-order valence-electron chi connectivity index (χ4n) is 3.77. The summed E-state index contributed by atoms with van der Waals surface area (Å²) in [4.78, 5) is 19.5. The first-order valence-corrected chi connectivity index (χ1v) is 10.4. The van der Waals surface area contributed by atoms with Gasteiger partial charge in [0.2, 0.25) is 0 Å². The third-order valence-corrected chi connectivity index (χ3v) is 6.30. The van der Waals surface area contributed by atoms with Crippen molar-refractivity contribution >= 4 is 27.6 Å². The molecule has 1 fully saturated rings. The molecule has 1 N–H and O–H groups in total. The van der Waals surface area contributed by atoms with E-state index in [1.165, 1.54) is 0 Å². The van der Waals surface area contributed by atoms with Crippen LogP contribution < -0.4 is 14.8 Å². The SMILES string of the molecule is O=C(NCC1COc2ccccc2O1)N1CCCC1c1nc2ccccc2s1. The van der Waals surface area contributed by atoms with Crippen LogP contribution in [0.1, 0.15) is 23.9 Å². The number of nitrogens with one attached hydrogen (secondary N) is 1. The van der Waals surface area contributed by atoms with Gasteiger partial charge in [0.1, 0.15) is 11.6 Å². The molecule has 0 radical (unpaired) electrons. The summed E-state index contributed by atoms with van der Waals surface area (Å²) < 4.78 is 12.8. The molecule has 0 saturated carbocycles. The number of para-hydroxylation sites is 3. The van der Waals surface area contributed by atoms with Gasteiger partial charge in [-0.1, -0.05) is 24.3 Å². The fourth-order valence-corrected chi connectivity index (χ4v) is 4.88. The van der Waals surface area contributed by atoms with Crippen LogP contribution >= 0.6 is 11.3 Å². The van der Waals surface area contributed by atoms with E-state index in [1.807, 2.05) is 47.4 Å². The van der Waals surface area contributed by atoms with Gasteiger partial charge in [-0.05, 0) is 37.1 Å². The molecule has 0 spiro atoms. The van der Waals surface area contributed by atoms with Gasteiger partial charge >= 0.3 is 6.03 Å². The van der Waals surface area contributed by atoms with E-state index in [1.54, 1.807) is 11.3 Å². The molecule has 1 saturated heterocycles. The number of urea groups is 1. The molecule has 6 nitrogen and oxygen atoms in total. The van der Waals surface area contributed by atoms with Crippen molar-refractivity contribution in [2.24, 2.45) is 0 Å². The van der Waals surface area contributed by atoms with Gasteiger partial charge in [0.25, 0.3) is 0 Å². The van der Waals surface area contributed by atoms with E-state index in [4.69, 9.17) is 14.5 Å². The number of nitrogens with zero attached hydrogens (tertiary/aromatic N) is 2. The molecule has 28 heavy (non-hydrogen) atoms. The van der Waals surface area contributed by atoms with Crippen molar-refractivity contribution in [2.75, 3.05) is 19.7 Å². The number of amides is 2. The topological polar surface area (TPSA) is 63.7 Å². The lowest BCUT2D eigenvalue weighted by molar-refractivity contribution is 0.0898. The molecule has 144 valence electrons. The molecule has 5 rings (SSSR count). The number of fused-ring (bicyclic) bond motifs is 2. The molecule has 2 atom stereocenters. The van der Waals surface area contributed by atoms with E-state index in [0.717, 1.165) is 46.1 Å². The van der Waals surface area contributed by atoms with Crippen molar-refractivity contribution < 1.29 is 14.3 Å². The van der Waals surface area contributed by atoms with Gasteiger partial charge in [0.05, 0.1) is 22.8 Å². The quantitative estimate of drug-likeness (QED) is 0.729. The predicted octanol–water partition coefficient (Wildman–Crippen LogP) is 3.98. The van der Waals surface area contributed by atoms with Crippen LogP contribution in [0.5, 0.6) is 11.5 Å². The predicted molar refractivity (Wildman–Crippen MR) is 108 cm³/mol. The zero-order valence-corrected chi connectivity index (χ0v) is 16.2. The first-order valence-electron chi connectivity index (χ1n) is 9.56. The smallest absolute Gasteiger partial charge is 0.318 e. The second kappa shape index (κ2) is 7.31. The van der Waals surface area contributed by atoms with Crippen LogP contribution in [0, 0.1) is 0 Å². The maximum Gasteiger partial charge on any atom is 0.318 e. The van der Waals surface area contributed by atoms with E-state index in [-0.39, 0.29) is 18.2 Å². The van der Waals surface area contributed by atoms with Gasteiger partial charge < -0.3 is 19.7 Å². The first-order chi connectivity index (χ1) is 13.8. The Morgan fingerprint density at radius 3 is 2.89 bits per heavy atom. The zero-order valence-electron chi connectivity index (χ0n) is 15.3. The first kappa shape index (κ1) is 17.3. The number of rotatable bonds is 3. The molecule has 1 aromatic heterocycles. The Bertz CT molecular complexity index is 972. The van der Waals surface area contributed by atoms with Crippen molar-refractivity contribution in [3.63, 3.8) is 0 Å². The molecule has 3 aromatic rings. The molecule has 0 aliphatic carbocycles. The van der Waals surface area contributed by atoms with Crippen LogP contribution in [-0.2, 0) is 0 Å². The summed E-state index contributed by atoms with van der Waals surface area (Å²) in [7, 11) is 0. The van der Waals surface area contributed by atoms with Crippen LogP contribution in [0.25, 0.3) is 10.2 Å². The van der Waals surface area contributed by atoms with Gasteiger partial charge in [-0.25, -0.2) is 9.78 Å². The molecule has 2 unspecified atom stereocenters. The molecule has 7 heteroatoms. The van der Waals surface area contributed by atoms with E-state index >= 15 is 0 Å². The summed E-state index contributed by atoms with van der Waals surface area (Å²) in [5.74, 6) is 1.47. The Labute approximate surface area is 167 Å². The lowest BCUT2D eigenvalue weighted by Crippen LogP contribution is -2.46. The van der Waals surface area contributed by atoms with Crippen LogP contribution in [0.3, 0.4) is 0 Å². The zero-order chi connectivity index (χ0) is 18.9. The summed E-state index contributed by atoms with van der Waals surface area (Å²) in [6.07, 6.45) is 1.75. The Kier molecular flexibility index (Phi) is 4.52. The van der Waals surface area contributed by atoms with Crippen LogP contribution in [0.2, 0.25) is 0 Å². The lowest BCUT2D eigenvalue weighted by Gasteiger charge is -2.28.